The summed E-state index contributed by atoms with van der Waals surface area (Å²) in [7, 11) is 0. The van der Waals surface area contributed by atoms with Gasteiger partial charge in [-0.2, -0.15) is 5.10 Å². The van der Waals surface area contributed by atoms with Crippen LogP contribution in [0.4, 0.5) is 0 Å². The van der Waals surface area contributed by atoms with E-state index in [0.717, 1.165) is 28.2 Å². The van der Waals surface area contributed by atoms with Gasteiger partial charge >= 0.3 is 0 Å². The molecule has 1 amide bonds. The smallest absolute Gasteiger partial charge is 0.271 e. The number of aromatic hydroxyl groups is 1. The van der Waals surface area contributed by atoms with Crippen molar-refractivity contribution in [3.63, 3.8) is 0 Å². The van der Waals surface area contributed by atoms with Crippen LogP contribution in [0, 0.1) is 0 Å². The molecule has 0 saturated heterocycles. The van der Waals surface area contributed by atoms with E-state index in [1.807, 2.05) is 48.5 Å². The quantitative estimate of drug-likeness (QED) is 0.233. The van der Waals surface area contributed by atoms with Crippen molar-refractivity contribution in [3.05, 3.63) is 132 Å². The Hall–Kier alpha value is -4.90. The Kier molecular flexibility index (Phi) is 6.22. The molecule has 170 valence electrons. The molecule has 0 aliphatic heterocycles. The van der Waals surface area contributed by atoms with Crippen molar-refractivity contribution in [3.8, 4) is 34.0 Å². The number of carbonyl (C=O) groups excluding carboxylic acids is 1. The number of phenols is 1. The lowest BCUT2D eigenvalue weighted by atomic mass is 10.1. The van der Waals surface area contributed by atoms with E-state index in [1.54, 1.807) is 36.4 Å². The Morgan fingerprint density at radius 1 is 0.714 bits per heavy atom. The molecule has 1 aromatic heterocycles. The number of nitrogens with one attached hydrogen (secondary N) is 1. The van der Waals surface area contributed by atoms with E-state index in [-0.39, 0.29) is 11.7 Å². The number of nitrogens with zero attached hydrogens (tertiary/aromatic N) is 2. The second-order valence-corrected chi connectivity index (χ2v) is 8.01. The number of phenolic OH excluding ortho intramolecular Hbond substituents is 1. The fourth-order valence-electron chi connectivity index (χ4n) is 3.98. The van der Waals surface area contributed by atoms with E-state index >= 15 is 0 Å². The van der Waals surface area contributed by atoms with Crippen LogP contribution in [0.2, 0.25) is 0 Å². The highest BCUT2D eigenvalue weighted by Crippen LogP contribution is 2.32. The molecular weight excluding hydrogens is 434 g/mol. The number of hydrogen-bond donors (Lipinski definition) is 2. The molecule has 0 fully saturated rings. The summed E-state index contributed by atoms with van der Waals surface area (Å²) in [5.74, 6) is -0.169. The first kappa shape index (κ1) is 21.9. The molecule has 0 aliphatic rings. The number of rotatable bonds is 6. The summed E-state index contributed by atoms with van der Waals surface area (Å²) < 4.78 is 2.20. The minimum Gasteiger partial charge on any atom is -0.508 e. The average molecular weight is 458 g/mol. The van der Waals surface area contributed by atoms with Gasteiger partial charge in [0.2, 0.25) is 0 Å². The first-order valence-electron chi connectivity index (χ1n) is 11.2. The Morgan fingerprint density at radius 3 is 1.89 bits per heavy atom. The summed E-state index contributed by atoms with van der Waals surface area (Å²) in [6.07, 6.45) is 1.49. The molecule has 5 rings (SSSR count). The number of hydrogen-bond acceptors (Lipinski definition) is 3. The highest BCUT2D eigenvalue weighted by atomic mass is 16.3. The molecule has 0 radical (unpaired) electrons. The van der Waals surface area contributed by atoms with Crippen LogP contribution in [-0.4, -0.2) is 21.8 Å². The fourth-order valence-corrected chi connectivity index (χ4v) is 3.98. The van der Waals surface area contributed by atoms with Crippen molar-refractivity contribution in [1.82, 2.24) is 9.99 Å². The van der Waals surface area contributed by atoms with E-state index in [2.05, 4.69) is 51.5 Å². The minimum atomic E-state index is -0.313. The molecule has 0 saturated carbocycles. The van der Waals surface area contributed by atoms with Gasteiger partial charge in [-0.1, -0.05) is 72.8 Å². The van der Waals surface area contributed by atoms with Gasteiger partial charge in [-0.25, -0.2) is 5.43 Å². The first-order valence-corrected chi connectivity index (χ1v) is 11.2. The van der Waals surface area contributed by atoms with E-state index in [4.69, 9.17) is 0 Å². The standard InChI is InChI=1S/C30H23N3O2/c34-27-13-7-8-22(20-27)21-31-32-30(35)25-14-16-26(17-15-25)33-28(23-9-3-1-4-10-23)18-19-29(33)24-11-5-2-6-12-24/h1-21,34H,(H,32,35)/b31-21-. The summed E-state index contributed by atoms with van der Waals surface area (Å²) in [4.78, 5) is 12.6. The van der Waals surface area contributed by atoms with Crippen molar-refractivity contribution in [2.75, 3.05) is 0 Å². The molecule has 5 aromatic rings. The second-order valence-electron chi connectivity index (χ2n) is 8.01. The first-order chi connectivity index (χ1) is 17.2. The normalized spacial score (nSPS) is 11.0. The third-order valence-electron chi connectivity index (χ3n) is 5.66. The number of benzene rings is 4. The number of aromatic nitrogens is 1. The molecule has 1 heterocycles. The third kappa shape index (κ3) is 4.89. The molecular formula is C30H23N3O2. The van der Waals surface area contributed by atoms with Gasteiger partial charge in [-0.05, 0) is 65.2 Å². The molecule has 5 heteroatoms. The summed E-state index contributed by atoms with van der Waals surface area (Å²) >= 11 is 0. The summed E-state index contributed by atoms with van der Waals surface area (Å²) in [5.41, 5.74) is 9.03. The van der Waals surface area contributed by atoms with Crippen molar-refractivity contribution in [1.29, 1.82) is 0 Å². The van der Waals surface area contributed by atoms with Gasteiger partial charge in [-0.15, -0.1) is 0 Å². The van der Waals surface area contributed by atoms with Crippen molar-refractivity contribution in [2.24, 2.45) is 5.10 Å². The van der Waals surface area contributed by atoms with Gasteiger partial charge in [0.15, 0.2) is 0 Å². The molecule has 0 atom stereocenters. The lowest BCUT2D eigenvalue weighted by Crippen LogP contribution is -2.17. The lowest BCUT2D eigenvalue weighted by molar-refractivity contribution is 0.0955. The maximum Gasteiger partial charge on any atom is 0.271 e. The number of carbonyl (C=O) groups is 1. The monoisotopic (exact) mass is 457 g/mol. The Bertz CT molecular complexity index is 1410. The molecule has 0 bridgehead atoms. The maximum atomic E-state index is 12.6. The van der Waals surface area contributed by atoms with Gasteiger partial charge in [0.25, 0.3) is 5.91 Å². The van der Waals surface area contributed by atoms with Gasteiger partial charge < -0.3 is 9.67 Å². The van der Waals surface area contributed by atoms with Crippen molar-refractivity contribution >= 4 is 12.1 Å². The van der Waals surface area contributed by atoms with E-state index in [0.29, 0.717) is 11.1 Å². The largest absolute Gasteiger partial charge is 0.508 e. The lowest BCUT2D eigenvalue weighted by Gasteiger charge is -2.15. The van der Waals surface area contributed by atoms with Crippen LogP contribution in [0.25, 0.3) is 28.2 Å². The van der Waals surface area contributed by atoms with Crippen LogP contribution in [0.5, 0.6) is 5.75 Å². The molecule has 2 N–H and O–H groups in total. The molecule has 0 unspecified atom stereocenters. The molecule has 0 aliphatic carbocycles. The highest BCUT2D eigenvalue weighted by Gasteiger charge is 2.14. The van der Waals surface area contributed by atoms with Crippen LogP contribution in [-0.2, 0) is 0 Å². The van der Waals surface area contributed by atoms with Crippen LogP contribution in [0.1, 0.15) is 15.9 Å². The van der Waals surface area contributed by atoms with Crippen molar-refractivity contribution < 1.29 is 9.90 Å². The van der Waals surface area contributed by atoms with E-state index < -0.39 is 0 Å². The zero-order valence-electron chi connectivity index (χ0n) is 18.9. The SMILES string of the molecule is O=C(N/N=C\c1cccc(O)c1)c1ccc(-n2c(-c3ccccc3)ccc2-c2ccccc2)cc1. The minimum absolute atomic E-state index is 0.144. The molecule has 5 nitrogen and oxygen atoms in total. The van der Waals surface area contributed by atoms with Crippen molar-refractivity contribution in [2.45, 2.75) is 0 Å². The van der Waals surface area contributed by atoms with Gasteiger partial charge in [-0.3, -0.25) is 4.79 Å². The number of amides is 1. The Morgan fingerprint density at radius 2 is 1.31 bits per heavy atom. The molecule has 35 heavy (non-hydrogen) atoms. The molecule has 0 spiro atoms. The zero-order valence-corrected chi connectivity index (χ0v) is 18.9. The third-order valence-corrected chi connectivity index (χ3v) is 5.66. The summed E-state index contributed by atoms with van der Waals surface area (Å²) in [5, 5.41) is 13.5. The topological polar surface area (TPSA) is 66.6 Å². The van der Waals surface area contributed by atoms with E-state index in [9.17, 15) is 9.90 Å². The van der Waals surface area contributed by atoms with Gasteiger partial charge in [0.1, 0.15) is 5.75 Å². The van der Waals surface area contributed by atoms with Gasteiger partial charge in [0, 0.05) is 11.3 Å². The zero-order chi connectivity index (χ0) is 24.0. The highest BCUT2D eigenvalue weighted by molar-refractivity contribution is 5.95. The second kappa shape index (κ2) is 9.93. The fraction of sp³-hybridized carbons (Fsp3) is 0. The van der Waals surface area contributed by atoms with Crippen LogP contribution < -0.4 is 5.43 Å². The van der Waals surface area contributed by atoms with Gasteiger partial charge in [0.05, 0.1) is 17.6 Å². The summed E-state index contributed by atoms with van der Waals surface area (Å²) in [6, 6.07) is 38.8. The van der Waals surface area contributed by atoms with Crippen LogP contribution >= 0.6 is 0 Å². The number of hydrazone groups is 1. The summed E-state index contributed by atoms with van der Waals surface area (Å²) in [6.45, 7) is 0. The van der Waals surface area contributed by atoms with E-state index in [1.165, 1.54) is 6.21 Å². The average Bonchev–Trinajstić information content (AvgIpc) is 3.35. The van der Waals surface area contributed by atoms with Crippen LogP contribution in [0.3, 0.4) is 0 Å². The van der Waals surface area contributed by atoms with Crippen LogP contribution in [0.15, 0.2) is 126 Å². The Labute approximate surface area is 203 Å². The predicted octanol–water partition coefficient (Wildman–Crippen LogP) is 6.28. The predicted molar refractivity (Wildman–Crippen MR) is 140 cm³/mol. The molecule has 4 aromatic carbocycles. The maximum absolute atomic E-state index is 12.6. The Balaban J connectivity index is 1.43.